The van der Waals surface area contributed by atoms with Gasteiger partial charge in [0.2, 0.25) is 11.7 Å². The molecule has 1 heterocycles. The van der Waals surface area contributed by atoms with Gasteiger partial charge in [0.25, 0.3) is 0 Å². The van der Waals surface area contributed by atoms with E-state index in [1.54, 1.807) is 0 Å². The fourth-order valence-electron chi connectivity index (χ4n) is 2.48. The van der Waals surface area contributed by atoms with E-state index in [-0.39, 0.29) is 11.4 Å². The van der Waals surface area contributed by atoms with Crippen molar-refractivity contribution in [3.8, 4) is 11.4 Å². The molecule has 0 N–H and O–H groups in total. The fraction of sp³-hybridized carbons (Fsp3) is 0.222. The van der Waals surface area contributed by atoms with Crippen molar-refractivity contribution in [2.45, 2.75) is 19.3 Å². The largest absolute Gasteiger partial charge is 0.416 e. The molecule has 3 rings (SSSR count). The third-order valence-electron chi connectivity index (χ3n) is 3.72. The zero-order valence-electron chi connectivity index (χ0n) is 13.8. The van der Waals surface area contributed by atoms with Crippen LogP contribution in [0.25, 0.3) is 11.4 Å². The molecular formula is C18H15ClF3N3O. The first kappa shape index (κ1) is 18.4. The van der Waals surface area contributed by atoms with Crippen molar-refractivity contribution in [2.24, 2.45) is 0 Å². The number of alkyl halides is 3. The number of halogens is 4. The van der Waals surface area contributed by atoms with Crippen molar-refractivity contribution < 1.29 is 17.7 Å². The molecule has 0 aliphatic heterocycles. The molecule has 0 radical (unpaired) electrons. The van der Waals surface area contributed by atoms with Gasteiger partial charge in [0, 0.05) is 17.1 Å². The van der Waals surface area contributed by atoms with Gasteiger partial charge in [-0.3, -0.25) is 4.90 Å². The first-order valence-corrected chi connectivity index (χ1v) is 8.13. The van der Waals surface area contributed by atoms with Gasteiger partial charge in [-0.2, -0.15) is 18.2 Å². The number of hydrogen-bond donors (Lipinski definition) is 0. The third kappa shape index (κ3) is 4.42. The minimum atomic E-state index is -4.42. The van der Waals surface area contributed by atoms with Crippen LogP contribution in [0.15, 0.2) is 53.1 Å². The molecule has 3 aromatic rings. The van der Waals surface area contributed by atoms with Crippen molar-refractivity contribution in [1.82, 2.24) is 15.0 Å². The summed E-state index contributed by atoms with van der Waals surface area (Å²) in [5.41, 5.74) is 0.454. The normalized spacial score (nSPS) is 11.9. The quantitative estimate of drug-likeness (QED) is 0.621. The number of aromatic nitrogens is 2. The first-order chi connectivity index (χ1) is 12.3. The van der Waals surface area contributed by atoms with E-state index in [4.69, 9.17) is 16.1 Å². The molecule has 0 aliphatic rings. The van der Waals surface area contributed by atoms with Crippen LogP contribution < -0.4 is 0 Å². The first-order valence-electron chi connectivity index (χ1n) is 7.75. The van der Waals surface area contributed by atoms with Gasteiger partial charge < -0.3 is 4.52 Å². The molecule has 8 heteroatoms. The highest BCUT2D eigenvalue weighted by molar-refractivity contribution is 6.31. The molecule has 0 fully saturated rings. The van der Waals surface area contributed by atoms with Gasteiger partial charge in [0.15, 0.2) is 0 Å². The maximum absolute atomic E-state index is 12.8. The monoisotopic (exact) mass is 381 g/mol. The van der Waals surface area contributed by atoms with Crippen LogP contribution in [0.2, 0.25) is 5.02 Å². The average Bonchev–Trinajstić information content (AvgIpc) is 3.05. The van der Waals surface area contributed by atoms with Crippen LogP contribution >= 0.6 is 11.6 Å². The van der Waals surface area contributed by atoms with Gasteiger partial charge in [-0.05, 0) is 30.8 Å². The van der Waals surface area contributed by atoms with Gasteiger partial charge in [-0.15, -0.1) is 0 Å². The molecule has 0 unspecified atom stereocenters. The predicted octanol–water partition coefficient (Wildman–Crippen LogP) is 5.04. The fourth-order valence-corrected chi connectivity index (χ4v) is 2.67. The Labute approximate surface area is 153 Å². The minimum Gasteiger partial charge on any atom is -0.338 e. The van der Waals surface area contributed by atoms with E-state index in [0.29, 0.717) is 24.0 Å². The zero-order valence-corrected chi connectivity index (χ0v) is 14.6. The van der Waals surface area contributed by atoms with E-state index < -0.39 is 11.7 Å². The summed E-state index contributed by atoms with van der Waals surface area (Å²) >= 11 is 6.14. The summed E-state index contributed by atoms with van der Waals surface area (Å²) in [6.45, 7) is 0.915. The molecule has 4 nitrogen and oxygen atoms in total. The van der Waals surface area contributed by atoms with Crippen molar-refractivity contribution in [3.63, 3.8) is 0 Å². The lowest BCUT2D eigenvalue weighted by Crippen LogP contribution is -2.17. The second-order valence-corrected chi connectivity index (χ2v) is 6.26. The Kier molecular flexibility index (Phi) is 5.29. The summed E-state index contributed by atoms with van der Waals surface area (Å²) in [4.78, 5) is 6.11. The van der Waals surface area contributed by atoms with Crippen molar-refractivity contribution in [1.29, 1.82) is 0 Å². The van der Waals surface area contributed by atoms with Gasteiger partial charge >= 0.3 is 6.18 Å². The molecular weight excluding hydrogens is 367 g/mol. The molecule has 136 valence electrons. The second-order valence-electron chi connectivity index (χ2n) is 5.85. The van der Waals surface area contributed by atoms with Crippen LogP contribution in [-0.2, 0) is 19.3 Å². The lowest BCUT2D eigenvalue weighted by Gasteiger charge is -2.14. The average molecular weight is 382 g/mol. The van der Waals surface area contributed by atoms with Crippen LogP contribution in [-0.4, -0.2) is 22.1 Å². The summed E-state index contributed by atoms with van der Waals surface area (Å²) in [7, 11) is 1.86. The Balaban J connectivity index is 1.71. The minimum absolute atomic E-state index is 0.122. The van der Waals surface area contributed by atoms with Crippen molar-refractivity contribution in [3.05, 3.63) is 70.6 Å². The summed E-state index contributed by atoms with van der Waals surface area (Å²) in [5.74, 6) is 0.434. The third-order valence-corrected chi connectivity index (χ3v) is 4.09. The van der Waals surface area contributed by atoms with Crippen LogP contribution in [0.5, 0.6) is 0 Å². The molecule has 0 saturated heterocycles. The molecule has 0 atom stereocenters. The molecule has 0 amide bonds. The Hall–Kier alpha value is -2.38. The second kappa shape index (κ2) is 7.47. The summed E-state index contributed by atoms with van der Waals surface area (Å²) in [6, 6.07) is 12.3. The van der Waals surface area contributed by atoms with Crippen LogP contribution in [0.4, 0.5) is 13.2 Å². The lowest BCUT2D eigenvalue weighted by molar-refractivity contribution is -0.137. The number of nitrogens with zero attached hydrogens (tertiary/aromatic N) is 3. The smallest absolute Gasteiger partial charge is 0.338 e. The molecule has 1 aromatic heterocycles. The topological polar surface area (TPSA) is 42.2 Å². The van der Waals surface area contributed by atoms with E-state index in [0.717, 1.165) is 17.7 Å². The summed E-state index contributed by atoms with van der Waals surface area (Å²) in [5, 5.41) is 4.44. The van der Waals surface area contributed by atoms with E-state index in [1.807, 2.05) is 36.2 Å². The van der Waals surface area contributed by atoms with Crippen molar-refractivity contribution in [2.75, 3.05) is 7.05 Å². The van der Waals surface area contributed by atoms with Crippen LogP contribution in [0, 0.1) is 0 Å². The van der Waals surface area contributed by atoms with Gasteiger partial charge in [-0.1, -0.05) is 47.1 Å². The number of benzene rings is 2. The standard InChI is InChI=1S/C18H15ClF3N3O/c1-25(10-13-5-2-3-8-15(13)19)11-16-23-17(24-26-16)12-6-4-7-14(9-12)18(20,21)22/h2-9H,10-11H2,1H3. The highest BCUT2D eigenvalue weighted by Crippen LogP contribution is 2.31. The highest BCUT2D eigenvalue weighted by atomic mass is 35.5. The summed E-state index contributed by atoms with van der Waals surface area (Å²) < 4.78 is 43.6. The molecule has 0 bridgehead atoms. The highest BCUT2D eigenvalue weighted by Gasteiger charge is 2.30. The Morgan fingerprint density at radius 2 is 1.85 bits per heavy atom. The van der Waals surface area contributed by atoms with Crippen LogP contribution in [0.3, 0.4) is 0 Å². The molecule has 0 aliphatic carbocycles. The van der Waals surface area contributed by atoms with E-state index >= 15 is 0 Å². The van der Waals surface area contributed by atoms with Gasteiger partial charge in [0.05, 0.1) is 12.1 Å². The molecule has 26 heavy (non-hydrogen) atoms. The Bertz CT molecular complexity index is 895. The van der Waals surface area contributed by atoms with E-state index in [1.165, 1.54) is 12.1 Å². The molecule has 0 saturated carbocycles. The SMILES string of the molecule is CN(Cc1nc(-c2cccc(C(F)(F)F)c2)no1)Cc1ccccc1Cl. The molecule has 2 aromatic carbocycles. The lowest BCUT2D eigenvalue weighted by atomic mass is 10.1. The van der Waals surface area contributed by atoms with Crippen LogP contribution in [0.1, 0.15) is 17.0 Å². The Morgan fingerprint density at radius 1 is 1.08 bits per heavy atom. The maximum Gasteiger partial charge on any atom is 0.416 e. The zero-order chi connectivity index (χ0) is 18.7. The number of rotatable bonds is 5. The summed E-state index contributed by atoms with van der Waals surface area (Å²) in [6.07, 6.45) is -4.42. The van der Waals surface area contributed by atoms with Crippen molar-refractivity contribution >= 4 is 11.6 Å². The van der Waals surface area contributed by atoms with E-state index in [9.17, 15) is 13.2 Å². The molecule has 0 spiro atoms. The predicted molar refractivity (Wildman–Crippen MR) is 91.4 cm³/mol. The number of hydrogen-bond acceptors (Lipinski definition) is 4. The van der Waals surface area contributed by atoms with E-state index in [2.05, 4.69) is 10.1 Å². The maximum atomic E-state index is 12.8. The Morgan fingerprint density at radius 3 is 2.58 bits per heavy atom. The van der Waals surface area contributed by atoms with Gasteiger partial charge in [-0.25, -0.2) is 0 Å². The van der Waals surface area contributed by atoms with Gasteiger partial charge in [0.1, 0.15) is 0 Å².